The Bertz CT molecular complexity index is 509. The molecule has 1 amide bonds. The van der Waals surface area contributed by atoms with Crippen LogP contribution < -0.4 is 0 Å². The van der Waals surface area contributed by atoms with Crippen molar-refractivity contribution >= 4 is 11.8 Å². The van der Waals surface area contributed by atoms with Crippen LogP contribution >= 0.6 is 0 Å². The molecule has 0 aromatic heterocycles. The minimum Gasteiger partial charge on any atom is -0.450 e. The Morgan fingerprint density at radius 1 is 1.48 bits per heavy atom. The van der Waals surface area contributed by atoms with E-state index in [-0.39, 0.29) is 6.09 Å². The Balaban J connectivity index is 1.72. The fourth-order valence-corrected chi connectivity index (χ4v) is 4.00. The molecule has 1 unspecified atom stereocenters. The zero-order valence-electron chi connectivity index (χ0n) is 16.6. The van der Waals surface area contributed by atoms with Gasteiger partial charge in [-0.25, -0.2) is 4.79 Å². The summed E-state index contributed by atoms with van der Waals surface area (Å²) < 4.78 is 5.14. The highest BCUT2D eigenvalue weighted by Gasteiger charge is 2.50. The highest BCUT2D eigenvalue weighted by molar-refractivity contribution is 5.84. The number of nitrogens with zero attached hydrogens (tertiary/aromatic N) is 3. The molecule has 0 aromatic carbocycles. The number of aliphatic imine (C=N–C) groups is 1. The van der Waals surface area contributed by atoms with Gasteiger partial charge < -0.3 is 14.5 Å². The fraction of sp³-hybridized carbons (Fsp3) is 0.800. The van der Waals surface area contributed by atoms with E-state index in [1.807, 2.05) is 31.0 Å². The van der Waals surface area contributed by atoms with Crippen molar-refractivity contribution in [3.8, 4) is 0 Å². The Kier molecular flexibility index (Phi) is 7.05. The first kappa shape index (κ1) is 20.0. The van der Waals surface area contributed by atoms with E-state index < -0.39 is 0 Å². The summed E-state index contributed by atoms with van der Waals surface area (Å²) in [6.45, 7) is 11.5. The van der Waals surface area contributed by atoms with Gasteiger partial charge in [0.2, 0.25) is 0 Å². The van der Waals surface area contributed by atoms with Crippen molar-refractivity contribution in [3.63, 3.8) is 0 Å². The summed E-state index contributed by atoms with van der Waals surface area (Å²) in [5, 5.41) is 0. The molecule has 0 aromatic rings. The van der Waals surface area contributed by atoms with Crippen LogP contribution in [0.5, 0.6) is 0 Å². The van der Waals surface area contributed by atoms with Gasteiger partial charge in [0.25, 0.3) is 0 Å². The van der Waals surface area contributed by atoms with Crippen LogP contribution in [0.4, 0.5) is 4.79 Å². The highest BCUT2D eigenvalue weighted by Crippen LogP contribution is 2.50. The molecule has 25 heavy (non-hydrogen) atoms. The quantitative estimate of drug-likeness (QED) is 0.654. The molecule has 1 atom stereocenters. The molecule has 1 spiro atoms. The topological polar surface area (TPSA) is 45.1 Å². The summed E-state index contributed by atoms with van der Waals surface area (Å²) in [6.07, 6.45) is 8.39. The first-order valence-corrected chi connectivity index (χ1v) is 9.68. The molecule has 5 nitrogen and oxygen atoms in total. The predicted molar refractivity (Wildman–Crippen MR) is 103 cm³/mol. The summed E-state index contributed by atoms with van der Waals surface area (Å²) in [4.78, 5) is 20.7. The largest absolute Gasteiger partial charge is 0.450 e. The van der Waals surface area contributed by atoms with Gasteiger partial charge in [0.15, 0.2) is 0 Å². The third kappa shape index (κ3) is 5.06. The van der Waals surface area contributed by atoms with Crippen LogP contribution in [0.1, 0.15) is 53.4 Å². The molecule has 2 aliphatic rings. The van der Waals surface area contributed by atoms with Gasteiger partial charge in [0.1, 0.15) is 0 Å². The van der Waals surface area contributed by atoms with E-state index in [1.165, 1.54) is 18.6 Å². The van der Waals surface area contributed by atoms with E-state index in [1.54, 1.807) is 0 Å². The second-order valence-corrected chi connectivity index (χ2v) is 7.86. The molecule has 1 heterocycles. The van der Waals surface area contributed by atoms with Gasteiger partial charge in [0.05, 0.1) is 6.61 Å². The Hall–Kier alpha value is -1.36. The van der Waals surface area contributed by atoms with Crippen LogP contribution in [0.3, 0.4) is 0 Å². The average Bonchev–Trinajstić information content (AvgIpc) is 3.01. The smallest absolute Gasteiger partial charge is 0.409 e. The van der Waals surface area contributed by atoms with E-state index in [4.69, 9.17) is 4.74 Å². The molecule has 1 saturated carbocycles. The zero-order chi connectivity index (χ0) is 18.4. The molecule has 1 aliphatic heterocycles. The maximum atomic E-state index is 11.9. The number of likely N-dealkylation sites (tertiary alicyclic amines) is 1. The Morgan fingerprint density at radius 2 is 2.20 bits per heavy atom. The lowest BCUT2D eigenvalue weighted by Crippen LogP contribution is -2.51. The Labute approximate surface area is 153 Å². The van der Waals surface area contributed by atoms with Gasteiger partial charge in [-0.15, -0.1) is 0 Å². The van der Waals surface area contributed by atoms with Crippen molar-refractivity contribution in [2.45, 2.75) is 59.4 Å². The summed E-state index contributed by atoms with van der Waals surface area (Å²) in [7, 11) is 2.24. The van der Waals surface area contributed by atoms with Crippen molar-refractivity contribution in [1.82, 2.24) is 9.80 Å². The van der Waals surface area contributed by atoms with Crippen molar-refractivity contribution in [2.75, 3.05) is 33.3 Å². The molecule has 1 saturated heterocycles. The second-order valence-electron chi connectivity index (χ2n) is 7.86. The van der Waals surface area contributed by atoms with Crippen molar-refractivity contribution in [3.05, 3.63) is 12.3 Å². The summed E-state index contributed by atoms with van der Waals surface area (Å²) in [5.74, 6) is 0.512. The number of hydrogen-bond donors (Lipinski definition) is 0. The van der Waals surface area contributed by atoms with Crippen LogP contribution in [-0.2, 0) is 4.74 Å². The molecular formula is C20H35N3O2. The van der Waals surface area contributed by atoms with Gasteiger partial charge in [0, 0.05) is 31.0 Å². The van der Waals surface area contributed by atoms with Crippen molar-refractivity contribution in [2.24, 2.45) is 16.3 Å². The van der Waals surface area contributed by atoms with E-state index in [2.05, 4.69) is 30.8 Å². The van der Waals surface area contributed by atoms with E-state index in [0.29, 0.717) is 24.0 Å². The monoisotopic (exact) mass is 349 g/mol. The lowest BCUT2D eigenvalue weighted by molar-refractivity contribution is 0.0181. The van der Waals surface area contributed by atoms with Crippen LogP contribution in [0.25, 0.3) is 0 Å². The van der Waals surface area contributed by atoms with Crippen molar-refractivity contribution < 1.29 is 9.53 Å². The average molecular weight is 350 g/mol. The standard InChI is InChI=1S/C20H35N3O2/c1-6-10-21-17(4)16(3)8-11-22(5)18-13-20(14-18)9-12-23(15-20)19(24)25-7-2/h6,10,16,18H,7-9,11-15H2,1-5H3/b10-6-,21-17?. The Morgan fingerprint density at radius 3 is 2.84 bits per heavy atom. The fourth-order valence-electron chi connectivity index (χ4n) is 4.00. The third-order valence-electron chi connectivity index (χ3n) is 5.98. The number of rotatable bonds is 7. The first-order valence-electron chi connectivity index (χ1n) is 9.68. The minimum atomic E-state index is -0.138. The minimum absolute atomic E-state index is 0.138. The molecule has 2 fully saturated rings. The lowest BCUT2D eigenvalue weighted by atomic mass is 9.64. The molecule has 2 rings (SSSR count). The van der Waals surface area contributed by atoms with E-state index >= 15 is 0 Å². The third-order valence-corrected chi connectivity index (χ3v) is 5.98. The molecule has 142 valence electrons. The zero-order valence-corrected chi connectivity index (χ0v) is 16.6. The second kappa shape index (κ2) is 8.84. The molecule has 0 N–H and O–H groups in total. The first-order chi connectivity index (χ1) is 11.9. The molecule has 0 bridgehead atoms. The summed E-state index contributed by atoms with van der Waals surface area (Å²) >= 11 is 0. The number of carbonyl (C=O) groups excluding carboxylic acids is 1. The van der Waals surface area contributed by atoms with Crippen LogP contribution in [0, 0.1) is 11.3 Å². The molecule has 5 heteroatoms. The van der Waals surface area contributed by atoms with Gasteiger partial charge in [-0.3, -0.25) is 4.99 Å². The van der Waals surface area contributed by atoms with Gasteiger partial charge in [-0.1, -0.05) is 13.0 Å². The predicted octanol–water partition coefficient (Wildman–Crippen LogP) is 3.95. The lowest BCUT2D eigenvalue weighted by Gasteiger charge is -2.49. The number of amides is 1. The van der Waals surface area contributed by atoms with Gasteiger partial charge >= 0.3 is 6.09 Å². The maximum absolute atomic E-state index is 11.9. The SMILES string of the molecule is C/C=C\N=C(C)C(C)CCN(C)C1CC2(CCN(C(=O)OCC)C2)C1. The summed E-state index contributed by atoms with van der Waals surface area (Å²) in [6, 6.07) is 0.655. The number of hydrogen-bond acceptors (Lipinski definition) is 4. The summed E-state index contributed by atoms with van der Waals surface area (Å²) in [5.41, 5.74) is 1.55. The van der Waals surface area contributed by atoms with Gasteiger partial charge in [-0.2, -0.15) is 0 Å². The van der Waals surface area contributed by atoms with Gasteiger partial charge in [-0.05, 0) is 71.4 Å². The molecule has 1 aliphatic carbocycles. The van der Waals surface area contributed by atoms with E-state index in [0.717, 1.165) is 32.5 Å². The molecular weight excluding hydrogens is 314 g/mol. The van der Waals surface area contributed by atoms with Crippen LogP contribution in [0.15, 0.2) is 17.3 Å². The highest BCUT2D eigenvalue weighted by atomic mass is 16.6. The number of ether oxygens (including phenoxy) is 1. The maximum Gasteiger partial charge on any atom is 0.409 e. The number of carbonyl (C=O) groups is 1. The van der Waals surface area contributed by atoms with E-state index in [9.17, 15) is 4.79 Å². The van der Waals surface area contributed by atoms with Crippen molar-refractivity contribution in [1.29, 1.82) is 0 Å². The van der Waals surface area contributed by atoms with Crippen LogP contribution in [0.2, 0.25) is 0 Å². The normalized spacial score (nSPS) is 28.0. The molecule has 0 radical (unpaired) electrons. The van der Waals surface area contributed by atoms with Crippen LogP contribution in [-0.4, -0.2) is 60.9 Å². The number of allylic oxidation sites excluding steroid dienone is 1.